The number of nitrogens with zero attached hydrogens (tertiary/aromatic N) is 1. The van der Waals surface area contributed by atoms with Gasteiger partial charge in [0.1, 0.15) is 5.82 Å². The van der Waals surface area contributed by atoms with Crippen LogP contribution in [0.1, 0.15) is 25.7 Å². The first kappa shape index (κ1) is 25.1. The Morgan fingerprint density at radius 3 is 2.21 bits per heavy atom. The summed E-state index contributed by atoms with van der Waals surface area (Å²) < 4.78 is 64.0. The molecule has 2 N–H and O–H groups in total. The van der Waals surface area contributed by atoms with Crippen LogP contribution < -0.4 is 9.62 Å². The highest BCUT2D eigenvalue weighted by Crippen LogP contribution is 2.29. The largest absolute Gasteiger partial charge is 0.391 e. The standard InChI is InChI=1S/C22H27FN2O6S2/c1-25(17-5-3-4-16(23)14-17)20-12-6-15(7-13-21(20)26)22(27)24-33(30,31)19-10-8-18(9-11-19)32(2,28)29/h3-5,8-11,14-15,20-21,26H,6-7,12-13H2,1-2H3,(H,24,27)/t15-,20+,21+/m1/s1. The number of carbonyl (C=O) groups excluding carboxylic acids is 1. The van der Waals surface area contributed by atoms with Gasteiger partial charge < -0.3 is 10.0 Å². The van der Waals surface area contributed by atoms with E-state index in [0.29, 0.717) is 24.9 Å². The van der Waals surface area contributed by atoms with E-state index >= 15 is 0 Å². The summed E-state index contributed by atoms with van der Waals surface area (Å²) in [7, 11) is -5.92. The van der Waals surface area contributed by atoms with Crippen LogP contribution in [0.3, 0.4) is 0 Å². The lowest BCUT2D eigenvalue weighted by Crippen LogP contribution is -2.40. The van der Waals surface area contributed by atoms with Crippen molar-refractivity contribution in [2.75, 3.05) is 18.2 Å². The van der Waals surface area contributed by atoms with Crippen molar-refractivity contribution in [1.29, 1.82) is 0 Å². The van der Waals surface area contributed by atoms with E-state index in [9.17, 15) is 31.1 Å². The number of nitrogens with one attached hydrogen (secondary N) is 1. The van der Waals surface area contributed by atoms with Crippen molar-refractivity contribution in [2.45, 2.75) is 47.6 Å². The smallest absolute Gasteiger partial charge is 0.264 e. The summed E-state index contributed by atoms with van der Waals surface area (Å²) in [5.41, 5.74) is 0.599. The van der Waals surface area contributed by atoms with Crippen molar-refractivity contribution in [3.05, 3.63) is 54.3 Å². The van der Waals surface area contributed by atoms with E-state index in [-0.39, 0.29) is 22.3 Å². The highest BCUT2D eigenvalue weighted by Gasteiger charge is 2.33. The van der Waals surface area contributed by atoms with Gasteiger partial charge in [-0.25, -0.2) is 25.9 Å². The molecule has 0 aromatic heterocycles. The lowest BCUT2D eigenvalue weighted by molar-refractivity contribution is -0.123. The number of benzene rings is 2. The average Bonchev–Trinajstić information content (AvgIpc) is 2.94. The number of sulfonamides is 1. The Morgan fingerprint density at radius 1 is 1.00 bits per heavy atom. The molecular formula is C22H27FN2O6S2. The summed E-state index contributed by atoms with van der Waals surface area (Å²) in [6.45, 7) is 0. The third kappa shape index (κ3) is 6.10. The maximum absolute atomic E-state index is 13.6. The van der Waals surface area contributed by atoms with Crippen LogP contribution in [0.2, 0.25) is 0 Å². The second kappa shape index (κ2) is 9.78. The molecule has 8 nitrogen and oxygen atoms in total. The summed E-state index contributed by atoms with van der Waals surface area (Å²) >= 11 is 0. The fourth-order valence-corrected chi connectivity index (χ4v) is 5.69. The Labute approximate surface area is 193 Å². The molecular weight excluding hydrogens is 471 g/mol. The molecule has 1 aliphatic rings. The minimum Gasteiger partial charge on any atom is -0.391 e. The van der Waals surface area contributed by atoms with E-state index in [1.165, 1.54) is 24.3 Å². The van der Waals surface area contributed by atoms with Crippen LogP contribution in [0.15, 0.2) is 58.3 Å². The van der Waals surface area contributed by atoms with Crippen LogP contribution in [0.4, 0.5) is 10.1 Å². The first-order valence-corrected chi connectivity index (χ1v) is 13.8. The second-order valence-electron chi connectivity index (χ2n) is 8.29. The van der Waals surface area contributed by atoms with Crippen molar-refractivity contribution < 1.29 is 31.1 Å². The van der Waals surface area contributed by atoms with E-state index < -0.39 is 43.6 Å². The number of anilines is 1. The average molecular weight is 499 g/mol. The molecule has 33 heavy (non-hydrogen) atoms. The predicted molar refractivity (Wildman–Crippen MR) is 121 cm³/mol. The lowest BCUT2D eigenvalue weighted by atomic mass is 9.99. The number of rotatable bonds is 6. The van der Waals surface area contributed by atoms with Crippen LogP contribution in [0.5, 0.6) is 0 Å². The molecule has 1 aliphatic carbocycles. The summed E-state index contributed by atoms with van der Waals surface area (Å²) in [5, 5.41) is 10.6. The molecule has 0 bridgehead atoms. The van der Waals surface area contributed by atoms with Gasteiger partial charge in [-0.15, -0.1) is 0 Å². The number of carbonyl (C=O) groups is 1. The molecule has 180 valence electrons. The van der Waals surface area contributed by atoms with Crippen LogP contribution in [0, 0.1) is 11.7 Å². The van der Waals surface area contributed by atoms with Crippen molar-refractivity contribution in [1.82, 2.24) is 4.72 Å². The van der Waals surface area contributed by atoms with Crippen LogP contribution in [-0.4, -0.2) is 53.3 Å². The number of amides is 1. The summed E-state index contributed by atoms with van der Waals surface area (Å²) in [4.78, 5) is 14.3. The highest BCUT2D eigenvalue weighted by molar-refractivity contribution is 7.91. The Bertz CT molecular complexity index is 1220. The molecule has 3 rings (SSSR count). The third-order valence-corrected chi connectivity index (χ3v) is 8.44. The zero-order valence-corrected chi connectivity index (χ0v) is 19.9. The number of aliphatic hydroxyl groups excluding tert-OH is 1. The molecule has 0 aliphatic heterocycles. The minimum atomic E-state index is -4.18. The Morgan fingerprint density at radius 2 is 1.61 bits per heavy atom. The molecule has 0 spiro atoms. The number of aliphatic hydroxyl groups is 1. The van der Waals surface area contributed by atoms with Gasteiger partial charge in [-0.1, -0.05) is 6.07 Å². The van der Waals surface area contributed by atoms with Gasteiger partial charge in [0.25, 0.3) is 10.0 Å². The van der Waals surface area contributed by atoms with Gasteiger partial charge >= 0.3 is 0 Å². The molecule has 0 saturated heterocycles. The Balaban J connectivity index is 1.68. The van der Waals surface area contributed by atoms with Gasteiger partial charge in [-0.05, 0) is 68.1 Å². The summed E-state index contributed by atoms with van der Waals surface area (Å²) in [5.74, 6) is -1.70. The summed E-state index contributed by atoms with van der Waals surface area (Å²) in [6, 6.07) is 10.2. The number of hydrogen-bond acceptors (Lipinski definition) is 7. The number of halogens is 1. The SMILES string of the molecule is CN(c1cccc(F)c1)[C@H]1CC[C@@H](C(=O)NS(=O)(=O)c2ccc(S(C)(=O)=O)cc2)CC[C@@H]1O. The second-order valence-corrected chi connectivity index (χ2v) is 12.0. The molecule has 2 aromatic carbocycles. The maximum Gasteiger partial charge on any atom is 0.264 e. The van der Waals surface area contributed by atoms with Crippen molar-refractivity contribution in [2.24, 2.45) is 5.92 Å². The Kier molecular flexibility index (Phi) is 7.45. The predicted octanol–water partition coefficient (Wildman–Crippen LogP) is 2.09. The van der Waals surface area contributed by atoms with E-state index in [1.807, 2.05) is 0 Å². The van der Waals surface area contributed by atoms with Gasteiger partial charge in [-0.3, -0.25) is 4.79 Å². The maximum atomic E-state index is 13.6. The van der Waals surface area contributed by atoms with E-state index in [2.05, 4.69) is 4.72 Å². The minimum absolute atomic E-state index is 0.0287. The van der Waals surface area contributed by atoms with Crippen molar-refractivity contribution in [3.63, 3.8) is 0 Å². The fourth-order valence-electron chi connectivity index (χ4n) is 4.01. The molecule has 11 heteroatoms. The van der Waals surface area contributed by atoms with Crippen LogP contribution >= 0.6 is 0 Å². The highest BCUT2D eigenvalue weighted by atomic mass is 32.2. The number of likely N-dealkylation sites (N-methyl/N-ethyl adjacent to an activating group) is 1. The first-order valence-electron chi connectivity index (χ1n) is 10.4. The van der Waals surface area contributed by atoms with Gasteiger partial charge in [0, 0.05) is 24.9 Å². The lowest BCUT2D eigenvalue weighted by Gasteiger charge is -2.32. The van der Waals surface area contributed by atoms with Gasteiger partial charge in [0.2, 0.25) is 5.91 Å². The van der Waals surface area contributed by atoms with Crippen molar-refractivity contribution in [3.8, 4) is 0 Å². The van der Waals surface area contributed by atoms with Gasteiger partial charge in [0.05, 0.1) is 21.9 Å². The Hall–Kier alpha value is -2.50. The van der Waals surface area contributed by atoms with Gasteiger partial charge in [-0.2, -0.15) is 0 Å². The molecule has 1 fully saturated rings. The van der Waals surface area contributed by atoms with Crippen LogP contribution in [0.25, 0.3) is 0 Å². The third-order valence-electron chi connectivity index (χ3n) is 5.95. The zero-order chi connectivity index (χ0) is 24.4. The van der Waals surface area contributed by atoms with E-state index in [0.717, 1.165) is 18.4 Å². The van der Waals surface area contributed by atoms with Crippen molar-refractivity contribution >= 4 is 31.5 Å². The van der Waals surface area contributed by atoms with Crippen LogP contribution in [-0.2, 0) is 24.7 Å². The normalized spacial score (nSPS) is 21.8. The van der Waals surface area contributed by atoms with Gasteiger partial charge in [0.15, 0.2) is 9.84 Å². The molecule has 0 unspecified atom stereocenters. The fraction of sp³-hybridized carbons (Fsp3) is 0.409. The number of sulfone groups is 1. The van der Waals surface area contributed by atoms with E-state index in [1.54, 1.807) is 24.1 Å². The summed E-state index contributed by atoms with van der Waals surface area (Å²) in [6.07, 6.45) is 1.58. The molecule has 0 radical (unpaired) electrons. The first-order chi connectivity index (χ1) is 15.4. The topological polar surface area (TPSA) is 121 Å². The number of hydrogen-bond donors (Lipinski definition) is 2. The molecule has 1 amide bonds. The molecule has 0 heterocycles. The zero-order valence-electron chi connectivity index (χ0n) is 18.3. The van der Waals surface area contributed by atoms with E-state index in [4.69, 9.17) is 0 Å². The molecule has 1 saturated carbocycles. The molecule has 3 atom stereocenters. The molecule has 2 aromatic rings. The quantitative estimate of drug-likeness (QED) is 0.585. The monoisotopic (exact) mass is 498 g/mol.